The van der Waals surface area contributed by atoms with Crippen molar-refractivity contribution < 1.29 is 4.79 Å². The molecule has 3 aromatic carbocycles. The summed E-state index contributed by atoms with van der Waals surface area (Å²) in [5.41, 5.74) is 2.29. The van der Waals surface area contributed by atoms with Crippen molar-refractivity contribution in [1.29, 1.82) is 0 Å². The first-order chi connectivity index (χ1) is 13.7. The predicted molar refractivity (Wildman–Crippen MR) is 126 cm³/mol. The summed E-state index contributed by atoms with van der Waals surface area (Å²) >= 11 is 23.6. The summed E-state index contributed by atoms with van der Waals surface area (Å²) in [6, 6.07) is 20.8. The first-order valence-electron chi connectivity index (χ1n) is 8.73. The highest BCUT2D eigenvalue weighted by Gasteiger charge is 2.35. The highest BCUT2D eigenvalue weighted by atomic mass is 35.6. The Bertz CT molecular complexity index is 1030. The molecule has 1 amide bonds. The molecule has 3 rings (SSSR count). The summed E-state index contributed by atoms with van der Waals surface area (Å²) in [6.07, 6.45) is -1.05. The van der Waals surface area contributed by atoms with E-state index in [1.807, 2.05) is 61.5 Å². The molecular weight excluding hydrogens is 449 g/mol. The standard InChI is InChI=1S/C21H18Cl3N3OS/c1-13-9-11-15(12-10-13)18(28)26-19(21(22,23)24)27-20(29)25-17-8-4-6-14-5-2-3-7-16(14)17/h2-12,19H,1H3,(H,26,28)(H2,25,27,29)/t19-/m0/s1. The summed E-state index contributed by atoms with van der Waals surface area (Å²) < 4.78 is -1.83. The Labute approximate surface area is 189 Å². The zero-order valence-electron chi connectivity index (χ0n) is 15.4. The van der Waals surface area contributed by atoms with Crippen LogP contribution in [0.2, 0.25) is 0 Å². The molecule has 0 aliphatic rings. The van der Waals surface area contributed by atoms with Gasteiger partial charge >= 0.3 is 0 Å². The number of aryl methyl sites for hydroxylation is 1. The molecule has 0 aromatic heterocycles. The minimum absolute atomic E-state index is 0.210. The molecule has 0 radical (unpaired) electrons. The molecule has 0 aliphatic heterocycles. The molecule has 150 valence electrons. The van der Waals surface area contributed by atoms with Gasteiger partial charge in [0, 0.05) is 16.6 Å². The van der Waals surface area contributed by atoms with Crippen LogP contribution in [0.3, 0.4) is 0 Å². The second-order valence-electron chi connectivity index (χ2n) is 6.44. The van der Waals surface area contributed by atoms with Gasteiger partial charge in [-0.05, 0) is 42.7 Å². The molecule has 0 fully saturated rings. The van der Waals surface area contributed by atoms with E-state index in [9.17, 15) is 4.79 Å². The molecule has 29 heavy (non-hydrogen) atoms. The third-order valence-electron chi connectivity index (χ3n) is 4.23. The van der Waals surface area contributed by atoms with E-state index in [4.69, 9.17) is 47.0 Å². The van der Waals surface area contributed by atoms with Crippen molar-refractivity contribution in [1.82, 2.24) is 10.6 Å². The molecule has 0 aliphatic carbocycles. The van der Waals surface area contributed by atoms with Gasteiger partial charge < -0.3 is 16.0 Å². The number of nitrogens with one attached hydrogen (secondary N) is 3. The molecule has 0 saturated carbocycles. The summed E-state index contributed by atoms with van der Waals surface area (Å²) in [5.74, 6) is -0.387. The van der Waals surface area contributed by atoms with E-state index in [0.717, 1.165) is 22.0 Å². The first kappa shape index (κ1) is 21.7. The molecule has 0 heterocycles. The highest BCUT2D eigenvalue weighted by molar-refractivity contribution is 7.80. The van der Waals surface area contributed by atoms with Crippen molar-refractivity contribution in [2.75, 3.05) is 5.32 Å². The fraction of sp³-hybridized carbons (Fsp3) is 0.143. The third-order valence-corrected chi connectivity index (χ3v) is 5.10. The Morgan fingerprint density at radius 3 is 2.28 bits per heavy atom. The number of hydrogen-bond acceptors (Lipinski definition) is 2. The zero-order valence-corrected chi connectivity index (χ0v) is 18.5. The van der Waals surface area contributed by atoms with Gasteiger partial charge in [-0.3, -0.25) is 4.79 Å². The fourth-order valence-corrected chi connectivity index (χ4v) is 3.30. The molecule has 3 aromatic rings. The SMILES string of the molecule is Cc1ccc(C(=O)N[C@@H](NC(=S)Nc2cccc3ccccc23)C(Cl)(Cl)Cl)cc1. The van der Waals surface area contributed by atoms with Gasteiger partial charge in [0.2, 0.25) is 3.79 Å². The van der Waals surface area contributed by atoms with Crippen LogP contribution in [0.25, 0.3) is 10.8 Å². The van der Waals surface area contributed by atoms with Gasteiger partial charge in [0.05, 0.1) is 0 Å². The van der Waals surface area contributed by atoms with Gasteiger partial charge in [0.1, 0.15) is 6.17 Å². The van der Waals surface area contributed by atoms with Crippen molar-refractivity contribution in [3.63, 3.8) is 0 Å². The van der Waals surface area contributed by atoms with E-state index in [0.29, 0.717) is 5.56 Å². The minimum atomic E-state index is -1.83. The average molecular weight is 467 g/mol. The number of rotatable bonds is 4. The predicted octanol–water partition coefficient (Wildman–Crippen LogP) is 5.56. The van der Waals surface area contributed by atoms with Crippen LogP contribution in [0.15, 0.2) is 66.7 Å². The van der Waals surface area contributed by atoms with Gasteiger partial charge in [0.25, 0.3) is 5.91 Å². The molecule has 0 bridgehead atoms. The van der Waals surface area contributed by atoms with Crippen LogP contribution in [-0.2, 0) is 0 Å². The first-order valence-corrected chi connectivity index (χ1v) is 10.3. The third kappa shape index (κ3) is 5.73. The molecule has 0 saturated heterocycles. The van der Waals surface area contributed by atoms with E-state index in [-0.39, 0.29) is 11.0 Å². The summed E-state index contributed by atoms with van der Waals surface area (Å²) in [6.45, 7) is 1.94. The van der Waals surface area contributed by atoms with Gasteiger partial charge in [0.15, 0.2) is 5.11 Å². The lowest BCUT2D eigenvalue weighted by Crippen LogP contribution is -2.56. The second-order valence-corrected chi connectivity index (χ2v) is 9.22. The monoisotopic (exact) mass is 465 g/mol. The van der Waals surface area contributed by atoms with E-state index in [1.165, 1.54) is 0 Å². The molecule has 3 N–H and O–H groups in total. The Kier molecular flexibility index (Phi) is 6.85. The topological polar surface area (TPSA) is 53.2 Å². The number of hydrogen-bond donors (Lipinski definition) is 3. The number of benzene rings is 3. The van der Waals surface area contributed by atoms with Crippen molar-refractivity contribution in [2.24, 2.45) is 0 Å². The Morgan fingerprint density at radius 2 is 1.59 bits per heavy atom. The lowest BCUT2D eigenvalue weighted by molar-refractivity contribution is 0.0934. The van der Waals surface area contributed by atoms with Crippen LogP contribution in [0, 0.1) is 6.92 Å². The minimum Gasteiger partial charge on any atom is -0.339 e. The van der Waals surface area contributed by atoms with Crippen molar-refractivity contribution in [2.45, 2.75) is 16.9 Å². The number of carbonyl (C=O) groups is 1. The lowest BCUT2D eigenvalue weighted by atomic mass is 10.1. The fourth-order valence-electron chi connectivity index (χ4n) is 2.74. The van der Waals surface area contributed by atoms with E-state index >= 15 is 0 Å². The maximum absolute atomic E-state index is 12.5. The lowest BCUT2D eigenvalue weighted by Gasteiger charge is -2.28. The second kappa shape index (κ2) is 9.18. The molecule has 0 spiro atoms. The smallest absolute Gasteiger partial charge is 0.252 e. The van der Waals surface area contributed by atoms with Crippen LogP contribution < -0.4 is 16.0 Å². The van der Waals surface area contributed by atoms with Gasteiger partial charge in [-0.2, -0.15) is 0 Å². The summed E-state index contributed by atoms with van der Waals surface area (Å²) in [5, 5.41) is 10.9. The van der Waals surface area contributed by atoms with Crippen LogP contribution in [-0.4, -0.2) is 21.0 Å². The number of anilines is 1. The van der Waals surface area contributed by atoms with Crippen LogP contribution >= 0.6 is 47.0 Å². The van der Waals surface area contributed by atoms with Crippen molar-refractivity contribution in [3.8, 4) is 0 Å². The highest BCUT2D eigenvalue weighted by Crippen LogP contribution is 2.29. The van der Waals surface area contributed by atoms with Gasteiger partial charge in [-0.15, -0.1) is 0 Å². The van der Waals surface area contributed by atoms with E-state index < -0.39 is 9.96 Å². The van der Waals surface area contributed by atoms with Crippen LogP contribution in [0.4, 0.5) is 5.69 Å². The summed E-state index contributed by atoms with van der Waals surface area (Å²) in [4.78, 5) is 12.5. The number of fused-ring (bicyclic) bond motifs is 1. The summed E-state index contributed by atoms with van der Waals surface area (Å²) in [7, 11) is 0. The number of amides is 1. The Balaban J connectivity index is 1.73. The number of carbonyl (C=O) groups excluding carboxylic acids is 1. The largest absolute Gasteiger partial charge is 0.339 e. The van der Waals surface area contributed by atoms with E-state index in [2.05, 4.69) is 16.0 Å². The quantitative estimate of drug-likeness (QED) is 0.268. The van der Waals surface area contributed by atoms with Crippen molar-refractivity contribution >= 4 is 74.5 Å². The molecular formula is C21H18Cl3N3OS. The van der Waals surface area contributed by atoms with Crippen LogP contribution in [0.5, 0.6) is 0 Å². The number of alkyl halides is 3. The van der Waals surface area contributed by atoms with Crippen LogP contribution in [0.1, 0.15) is 15.9 Å². The Hall–Kier alpha value is -2.05. The maximum atomic E-state index is 12.5. The van der Waals surface area contributed by atoms with E-state index in [1.54, 1.807) is 12.1 Å². The van der Waals surface area contributed by atoms with Gasteiger partial charge in [-0.25, -0.2) is 0 Å². The molecule has 4 nitrogen and oxygen atoms in total. The molecule has 0 unspecified atom stereocenters. The normalized spacial score (nSPS) is 12.3. The van der Waals surface area contributed by atoms with Crippen molar-refractivity contribution in [3.05, 3.63) is 77.9 Å². The zero-order chi connectivity index (χ0) is 21.0. The molecule has 8 heteroatoms. The molecule has 1 atom stereocenters. The maximum Gasteiger partial charge on any atom is 0.252 e. The number of halogens is 3. The Morgan fingerprint density at radius 1 is 0.931 bits per heavy atom. The average Bonchev–Trinajstić information content (AvgIpc) is 2.67. The number of thiocarbonyl (C=S) groups is 1. The van der Waals surface area contributed by atoms with Gasteiger partial charge in [-0.1, -0.05) is 88.9 Å².